The van der Waals surface area contributed by atoms with Crippen LogP contribution < -0.4 is 0 Å². The Kier molecular flexibility index (Phi) is 3.62. The molecule has 20 heavy (non-hydrogen) atoms. The molecule has 3 heterocycles. The van der Waals surface area contributed by atoms with Gasteiger partial charge in [0.25, 0.3) is 0 Å². The van der Waals surface area contributed by atoms with Crippen LogP contribution in [0.3, 0.4) is 0 Å². The van der Waals surface area contributed by atoms with Crippen LogP contribution in [0.4, 0.5) is 0 Å². The second-order valence-electron chi connectivity index (χ2n) is 5.86. The largest absolute Gasteiger partial charge is 0.303 e. The highest BCUT2D eigenvalue weighted by atomic mass is 15.1. The van der Waals surface area contributed by atoms with Crippen molar-refractivity contribution in [2.75, 3.05) is 13.6 Å². The Morgan fingerprint density at radius 2 is 1.85 bits per heavy atom. The van der Waals surface area contributed by atoms with Crippen LogP contribution >= 0.6 is 0 Å². The van der Waals surface area contributed by atoms with Gasteiger partial charge in [0, 0.05) is 29.2 Å². The fourth-order valence-electron chi connectivity index (χ4n) is 3.33. The molecule has 2 aromatic heterocycles. The van der Waals surface area contributed by atoms with Crippen molar-refractivity contribution >= 4 is 0 Å². The summed E-state index contributed by atoms with van der Waals surface area (Å²) in [6, 6.07) is 9.13. The molecule has 0 saturated carbocycles. The number of likely N-dealkylation sites (tertiary alicyclic amines) is 1. The molecule has 3 nitrogen and oxygen atoms in total. The van der Waals surface area contributed by atoms with E-state index >= 15 is 0 Å². The number of aryl methyl sites for hydroxylation is 2. The van der Waals surface area contributed by atoms with E-state index in [1.807, 2.05) is 6.20 Å². The van der Waals surface area contributed by atoms with Gasteiger partial charge >= 0.3 is 0 Å². The molecule has 0 radical (unpaired) electrons. The van der Waals surface area contributed by atoms with Gasteiger partial charge in [-0.15, -0.1) is 0 Å². The highest BCUT2D eigenvalue weighted by molar-refractivity contribution is 5.40. The smallest absolute Gasteiger partial charge is 0.141 e. The lowest BCUT2D eigenvalue weighted by atomic mass is 9.96. The van der Waals surface area contributed by atoms with Crippen molar-refractivity contribution in [2.24, 2.45) is 0 Å². The molecule has 0 N–H and O–H groups in total. The molecule has 1 aliphatic rings. The SMILES string of the molecule is Cc1ccc(C)n1-c1ncccc1C1CCCCN1C. The zero-order chi connectivity index (χ0) is 14.1. The highest BCUT2D eigenvalue weighted by Crippen LogP contribution is 2.33. The summed E-state index contributed by atoms with van der Waals surface area (Å²) in [4.78, 5) is 7.16. The zero-order valence-electron chi connectivity index (χ0n) is 12.6. The van der Waals surface area contributed by atoms with Crippen LogP contribution in [-0.4, -0.2) is 28.0 Å². The quantitative estimate of drug-likeness (QED) is 0.830. The maximum absolute atomic E-state index is 4.69. The van der Waals surface area contributed by atoms with E-state index < -0.39 is 0 Å². The first-order valence-electron chi connectivity index (χ1n) is 7.49. The van der Waals surface area contributed by atoms with Gasteiger partial charge in [0.15, 0.2) is 0 Å². The fraction of sp³-hybridized carbons (Fsp3) is 0.471. The van der Waals surface area contributed by atoms with Crippen LogP contribution in [0.15, 0.2) is 30.5 Å². The number of nitrogens with zero attached hydrogens (tertiary/aromatic N) is 3. The zero-order valence-corrected chi connectivity index (χ0v) is 12.6. The van der Waals surface area contributed by atoms with Gasteiger partial charge in [0.05, 0.1) is 0 Å². The van der Waals surface area contributed by atoms with Crippen molar-refractivity contribution in [1.82, 2.24) is 14.5 Å². The van der Waals surface area contributed by atoms with E-state index in [0.29, 0.717) is 6.04 Å². The van der Waals surface area contributed by atoms with Gasteiger partial charge in [0.1, 0.15) is 5.82 Å². The standard InChI is InChI=1S/C17H23N3/c1-13-9-10-14(2)20(13)17-15(7-6-11-18-17)16-8-4-5-12-19(16)3/h6-7,9-11,16H,4-5,8,12H2,1-3H3. The van der Waals surface area contributed by atoms with E-state index in [4.69, 9.17) is 0 Å². The van der Waals surface area contributed by atoms with Crippen LogP contribution in [0.1, 0.15) is 42.3 Å². The van der Waals surface area contributed by atoms with Gasteiger partial charge in [-0.1, -0.05) is 12.5 Å². The summed E-state index contributed by atoms with van der Waals surface area (Å²) in [6.07, 6.45) is 5.76. The molecule has 3 rings (SSSR count). The molecule has 1 aliphatic heterocycles. The van der Waals surface area contributed by atoms with Gasteiger partial charge in [-0.3, -0.25) is 4.90 Å². The minimum atomic E-state index is 0.494. The van der Waals surface area contributed by atoms with E-state index in [1.165, 1.54) is 42.8 Å². The molecule has 1 unspecified atom stereocenters. The number of aromatic nitrogens is 2. The monoisotopic (exact) mass is 269 g/mol. The summed E-state index contributed by atoms with van der Waals surface area (Å²) in [5.74, 6) is 1.10. The third kappa shape index (κ3) is 2.27. The topological polar surface area (TPSA) is 21.1 Å². The van der Waals surface area contributed by atoms with Crippen molar-refractivity contribution in [1.29, 1.82) is 0 Å². The van der Waals surface area contributed by atoms with Crippen molar-refractivity contribution in [3.05, 3.63) is 47.4 Å². The number of rotatable bonds is 2. The summed E-state index contributed by atoms with van der Waals surface area (Å²) >= 11 is 0. The fourth-order valence-corrected chi connectivity index (χ4v) is 3.33. The summed E-state index contributed by atoms with van der Waals surface area (Å²) in [5.41, 5.74) is 3.86. The molecular formula is C17H23N3. The number of hydrogen-bond acceptors (Lipinski definition) is 2. The van der Waals surface area contributed by atoms with Crippen LogP contribution in [0.25, 0.3) is 5.82 Å². The lowest BCUT2D eigenvalue weighted by molar-refractivity contribution is 0.187. The Bertz CT molecular complexity index is 581. The Morgan fingerprint density at radius 1 is 1.10 bits per heavy atom. The van der Waals surface area contributed by atoms with Crippen LogP contribution in [0.2, 0.25) is 0 Å². The summed E-state index contributed by atoms with van der Waals surface area (Å²) in [7, 11) is 2.23. The van der Waals surface area contributed by atoms with Gasteiger partial charge in [-0.2, -0.15) is 0 Å². The summed E-state index contributed by atoms with van der Waals surface area (Å²) in [6.45, 7) is 5.48. The maximum Gasteiger partial charge on any atom is 0.141 e. The van der Waals surface area contributed by atoms with Crippen molar-refractivity contribution < 1.29 is 0 Å². The molecule has 3 heteroatoms. The Labute approximate surface area is 121 Å². The Hall–Kier alpha value is -1.61. The number of hydrogen-bond donors (Lipinski definition) is 0. The molecule has 0 aromatic carbocycles. The van der Waals surface area contributed by atoms with Crippen molar-refractivity contribution in [2.45, 2.75) is 39.2 Å². The third-order valence-corrected chi connectivity index (χ3v) is 4.43. The lowest BCUT2D eigenvalue weighted by Crippen LogP contribution is -2.30. The van der Waals surface area contributed by atoms with E-state index in [0.717, 1.165) is 5.82 Å². The average Bonchev–Trinajstić information content (AvgIpc) is 2.79. The Balaban J connectivity index is 2.09. The maximum atomic E-state index is 4.69. The second-order valence-corrected chi connectivity index (χ2v) is 5.86. The Morgan fingerprint density at radius 3 is 2.55 bits per heavy atom. The normalized spacial score (nSPS) is 20.2. The van der Waals surface area contributed by atoms with E-state index in [-0.39, 0.29) is 0 Å². The summed E-state index contributed by atoms with van der Waals surface area (Å²) < 4.78 is 2.28. The molecular weight excluding hydrogens is 246 g/mol. The van der Waals surface area contributed by atoms with Crippen LogP contribution in [0.5, 0.6) is 0 Å². The van der Waals surface area contributed by atoms with E-state index in [9.17, 15) is 0 Å². The predicted octanol–water partition coefficient (Wildman–Crippen LogP) is 3.65. The van der Waals surface area contributed by atoms with Crippen LogP contribution in [0, 0.1) is 13.8 Å². The first-order valence-corrected chi connectivity index (χ1v) is 7.49. The molecule has 1 fully saturated rings. The van der Waals surface area contributed by atoms with Crippen molar-refractivity contribution in [3.8, 4) is 5.82 Å². The predicted molar refractivity (Wildman–Crippen MR) is 82.3 cm³/mol. The lowest BCUT2D eigenvalue weighted by Gasteiger charge is -2.33. The number of piperidine rings is 1. The van der Waals surface area contributed by atoms with Gasteiger partial charge in [-0.25, -0.2) is 4.98 Å². The van der Waals surface area contributed by atoms with Gasteiger partial charge in [-0.05, 0) is 58.5 Å². The first kappa shape index (κ1) is 13.4. The minimum absolute atomic E-state index is 0.494. The molecule has 1 atom stereocenters. The third-order valence-electron chi connectivity index (χ3n) is 4.43. The minimum Gasteiger partial charge on any atom is -0.303 e. The molecule has 0 amide bonds. The average molecular weight is 269 g/mol. The van der Waals surface area contributed by atoms with E-state index in [1.54, 1.807) is 0 Å². The molecule has 0 bridgehead atoms. The highest BCUT2D eigenvalue weighted by Gasteiger charge is 2.24. The van der Waals surface area contributed by atoms with Gasteiger partial charge in [0.2, 0.25) is 0 Å². The van der Waals surface area contributed by atoms with Crippen molar-refractivity contribution in [3.63, 3.8) is 0 Å². The first-order chi connectivity index (χ1) is 9.68. The van der Waals surface area contributed by atoms with Gasteiger partial charge < -0.3 is 4.57 Å². The molecule has 0 aliphatic carbocycles. The van der Waals surface area contributed by atoms with E-state index in [2.05, 4.69) is 59.6 Å². The molecule has 1 saturated heterocycles. The molecule has 2 aromatic rings. The molecule has 0 spiro atoms. The molecule has 106 valence electrons. The number of pyridine rings is 1. The second kappa shape index (κ2) is 5.41. The van der Waals surface area contributed by atoms with Crippen LogP contribution in [-0.2, 0) is 0 Å². The summed E-state index contributed by atoms with van der Waals surface area (Å²) in [5, 5.41) is 0.